The highest BCUT2D eigenvalue weighted by atomic mass is 35.5. The second-order valence-electron chi connectivity index (χ2n) is 11.1. The van der Waals surface area contributed by atoms with Gasteiger partial charge >= 0.3 is 0 Å². The second-order valence-corrected chi connectivity index (χ2v) is 11.9. The van der Waals surface area contributed by atoms with Crippen molar-refractivity contribution in [3.63, 3.8) is 0 Å². The fourth-order valence-corrected chi connectivity index (χ4v) is 6.87. The zero-order chi connectivity index (χ0) is 28.0. The molecule has 40 heavy (non-hydrogen) atoms. The minimum atomic E-state index is -0.130. The van der Waals surface area contributed by atoms with Crippen LogP contribution in [0.2, 0.25) is 5.02 Å². The Bertz CT molecular complexity index is 1540. The number of nitrogens with one attached hydrogen (secondary N) is 1. The zero-order valence-electron chi connectivity index (χ0n) is 23.4. The van der Waals surface area contributed by atoms with Crippen molar-refractivity contribution in [1.82, 2.24) is 19.9 Å². The van der Waals surface area contributed by atoms with Gasteiger partial charge in [0.25, 0.3) is 0 Å². The van der Waals surface area contributed by atoms with Crippen LogP contribution in [-0.4, -0.2) is 32.7 Å². The number of pyridine rings is 2. The molecule has 6 nitrogen and oxygen atoms in total. The molecule has 2 saturated heterocycles. The highest BCUT2D eigenvalue weighted by molar-refractivity contribution is 7.80. The van der Waals surface area contributed by atoms with Crippen LogP contribution in [0.15, 0.2) is 67.0 Å². The van der Waals surface area contributed by atoms with Gasteiger partial charge in [-0.25, -0.2) is 4.98 Å². The normalized spacial score (nSPS) is 19.8. The Balaban J connectivity index is 1.45. The van der Waals surface area contributed by atoms with Crippen molar-refractivity contribution in [2.45, 2.75) is 52.6 Å². The van der Waals surface area contributed by atoms with Crippen LogP contribution < -0.4 is 15.1 Å². The standard InChI is InChI=1S/C32H35ClN6S/c1-20-12-16-37(17-13-20)28-11-10-24(19-26(28)33)39-30(29(36-32(39)40)27-9-5-6-14-34-27)25-18-22(3)38(23(25)4)31-21(2)8-7-15-35-31/h5-11,14-15,18-20,29-30H,12-13,16-17H2,1-4H3,(H,36,40)/t29-,30-/m1/s1. The molecule has 5 heterocycles. The molecule has 0 saturated carbocycles. The topological polar surface area (TPSA) is 49.2 Å². The lowest BCUT2D eigenvalue weighted by Crippen LogP contribution is -2.33. The zero-order valence-corrected chi connectivity index (χ0v) is 25.0. The Morgan fingerprint density at radius 1 is 0.950 bits per heavy atom. The van der Waals surface area contributed by atoms with E-state index in [9.17, 15) is 0 Å². The molecule has 4 aromatic rings. The van der Waals surface area contributed by atoms with Crippen LogP contribution in [0.5, 0.6) is 0 Å². The molecule has 206 valence electrons. The molecule has 2 aliphatic rings. The molecule has 0 amide bonds. The van der Waals surface area contributed by atoms with Gasteiger partial charge in [0.05, 0.1) is 28.5 Å². The van der Waals surface area contributed by atoms with Crippen LogP contribution in [0.1, 0.15) is 60.1 Å². The number of benzene rings is 1. The summed E-state index contributed by atoms with van der Waals surface area (Å²) >= 11 is 13.0. The molecule has 0 spiro atoms. The number of halogens is 1. The van der Waals surface area contributed by atoms with Gasteiger partial charge in [0.15, 0.2) is 5.11 Å². The highest BCUT2D eigenvalue weighted by Gasteiger charge is 2.42. The van der Waals surface area contributed by atoms with Crippen LogP contribution in [0, 0.1) is 26.7 Å². The number of thiocarbonyl (C=S) groups is 1. The molecule has 1 aromatic carbocycles. The number of piperidine rings is 1. The second kappa shape index (κ2) is 10.9. The Hall–Kier alpha value is -3.42. The van der Waals surface area contributed by atoms with Crippen molar-refractivity contribution >= 4 is 40.3 Å². The largest absolute Gasteiger partial charge is 0.370 e. The van der Waals surface area contributed by atoms with Crippen molar-refractivity contribution in [1.29, 1.82) is 0 Å². The first-order valence-corrected chi connectivity index (χ1v) is 14.8. The monoisotopic (exact) mass is 570 g/mol. The van der Waals surface area contributed by atoms with Crippen molar-refractivity contribution in [2.75, 3.05) is 22.9 Å². The molecule has 8 heteroatoms. The van der Waals surface area contributed by atoms with E-state index in [0.29, 0.717) is 5.11 Å². The lowest BCUT2D eigenvalue weighted by atomic mass is 9.96. The number of aryl methyl sites for hydroxylation is 2. The smallest absolute Gasteiger partial charge is 0.174 e. The average molecular weight is 571 g/mol. The molecule has 0 bridgehead atoms. The van der Waals surface area contributed by atoms with Crippen molar-refractivity contribution in [2.24, 2.45) is 5.92 Å². The van der Waals surface area contributed by atoms with E-state index in [0.717, 1.165) is 63.9 Å². The maximum Gasteiger partial charge on any atom is 0.174 e. The Morgan fingerprint density at radius 3 is 2.42 bits per heavy atom. The van der Waals surface area contributed by atoms with E-state index in [4.69, 9.17) is 33.8 Å². The first-order valence-electron chi connectivity index (χ1n) is 14.0. The van der Waals surface area contributed by atoms with Gasteiger partial charge in [0.2, 0.25) is 0 Å². The molecular formula is C32H35ClN6S. The maximum absolute atomic E-state index is 6.97. The fraction of sp³-hybridized carbons (Fsp3) is 0.344. The predicted octanol–water partition coefficient (Wildman–Crippen LogP) is 7.26. The number of hydrogen-bond acceptors (Lipinski definition) is 4. The van der Waals surface area contributed by atoms with Crippen LogP contribution in [-0.2, 0) is 0 Å². The van der Waals surface area contributed by atoms with Gasteiger partial charge in [0.1, 0.15) is 5.82 Å². The van der Waals surface area contributed by atoms with Gasteiger partial charge in [-0.05, 0) is 105 Å². The van der Waals surface area contributed by atoms with E-state index >= 15 is 0 Å². The number of anilines is 2. The molecule has 3 aromatic heterocycles. The van der Waals surface area contributed by atoms with Crippen LogP contribution >= 0.6 is 23.8 Å². The van der Waals surface area contributed by atoms with Crippen LogP contribution in [0.4, 0.5) is 11.4 Å². The van der Waals surface area contributed by atoms with Gasteiger partial charge in [-0.1, -0.05) is 30.7 Å². The molecule has 0 unspecified atom stereocenters. The minimum Gasteiger partial charge on any atom is -0.370 e. The first-order chi connectivity index (χ1) is 19.3. The molecule has 0 aliphatic carbocycles. The molecule has 1 N–H and O–H groups in total. The van der Waals surface area contributed by atoms with Gasteiger partial charge in [-0.15, -0.1) is 0 Å². The first kappa shape index (κ1) is 26.8. The Labute approximate surface area is 247 Å². The molecule has 6 rings (SSSR count). The van der Waals surface area contributed by atoms with Crippen LogP contribution in [0.3, 0.4) is 0 Å². The SMILES string of the molecule is Cc1cccnc1-n1c(C)cc([C@@H]2[C@@H](c3ccccn3)NC(=S)N2c2ccc(N3CCC(C)CC3)c(Cl)c2)c1C. The summed E-state index contributed by atoms with van der Waals surface area (Å²) in [5.74, 6) is 1.71. The van der Waals surface area contributed by atoms with E-state index in [1.54, 1.807) is 0 Å². The van der Waals surface area contributed by atoms with E-state index in [-0.39, 0.29) is 12.1 Å². The van der Waals surface area contributed by atoms with Gasteiger partial charge < -0.3 is 19.7 Å². The quantitative estimate of drug-likeness (QED) is 0.255. The summed E-state index contributed by atoms with van der Waals surface area (Å²) in [4.78, 5) is 14.1. The lowest BCUT2D eigenvalue weighted by Gasteiger charge is -2.33. The van der Waals surface area contributed by atoms with Crippen molar-refractivity contribution in [3.8, 4) is 5.82 Å². The van der Waals surface area contributed by atoms with Gasteiger partial charge in [-0.2, -0.15) is 0 Å². The summed E-state index contributed by atoms with van der Waals surface area (Å²) in [6, 6.07) is 18.5. The average Bonchev–Trinajstić information content (AvgIpc) is 3.45. The number of rotatable bonds is 5. The van der Waals surface area contributed by atoms with Crippen LogP contribution in [0.25, 0.3) is 5.82 Å². The molecule has 2 fully saturated rings. The predicted molar refractivity (Wildman–Crippen MR) is 168 cm³/mol. The maximum atomic E-state index is 6.97. The highest BCUT2D eigenvalue weighted by Crippen LogP contribution is 2.45. The van der Waals surface area contributed by atoms with E-state index < -0.39 is 0 Å². The summed E-state index contributed by atoms with van der Waals surface area (Å²) < 4.78 is 2.24. The molecule has 2 aliphatic heterocycles. The number of hydrogen-bond donors (Lipinski definition) is 1. The van der Waals surface area contributed by atoms with Gasteiger partial charge in [-0.3, -0.25) is 4.98 Å². The summed E-state index contributed by atoms with van der Waals surface area (Å²) in [7, 11) is 0. The third kappa shape index (κ3) is 4.75. The van der Waals surface area contributed by atoms with Crippen molar-refractivity contribution in [3.05, 3.63) is 100 Å². The molecule has 0 radical (unpaired) electrons. The fourth-order valence-electron chi connectivity index (χ4n) is 6.23. The third-order valence-corrected chi connectivity index (χ3v) is 9.03. The van der Waals surface area contributed by atoms with E-state index in [1.807, 2.05) is 30.6 Å². The number of aromatic nitrogens is 3. The minimum absolute atomic E-state index is 0.121. The third-order valence-electron chi connectivity index (χ3n) is 8.41. The summed E-state index contributed by atoms with van der Waals surface area (Å²) in [5.41, 5.74) is 7.57. The Kier molecular flexibility index (Phi) is 7.27. The molecular weight excluding hydrogens is 536 g/mol. The van der Waals surface area contributed by atoms with Gasteiger partial charge in [0, 0.05) is 42.6 Å². The summed E-state index contributed by atoms with van der Waals surface area (Å²) in [6.45, 7) is 10.8. The molecule has 2 atom stereocenters. The van der Waals surface area contributed by atoms with E-state index in [2.05, 4.69) is 83.8 Å². The van der Waals surface area contributed by atoms with Crippen molar-refractivity contribution < 1.29 is 0 Å². The Morgan fingerprint density at radius 2 is 1.73 bits per heavy atom. The summed E-state index contributed by atoms with van der Waals surface area (Å²) in [6.07, 6.45) is 6.07. The lowest BCUT2D eigenvalue weighted by molar-refractivity contribution is 0.438. The summed E-state index contributed by atoms with van der Waals surface area (Å²) in [5, 5.41) is 5.01. The van der Waals surface area contributed by atoms with E-state index in [1.165, 1.54) is 18.4 Å². The number of nitrogens with zero attached hydrogens (tertiary/aromatic N) is 5.